The van der Waals surface area contributed by atoms with Crippen molar-refractivity contribution in [1.82, 2.24) is 0 Å². The maximum absolute atomic E-state index is 12.0. The van der Waals surface area contributed by atoms with Gasteiger partial charge in [-0.15, -0.1) is 0 Å². The van der Waals surface area contributed by atoms with Crippen molar-refractivity contribution >= 4 is 16.7 Å². The summed E-state index contributed by atoms with van der Waals surface area (Å²) in [6, 6.07) is 12.6. The van der Waals surface area contributed by atoms with E-state index in [1.54, 1.807) is 19.2 Å². The topological polar surface area (TPSA) is 59.3 Å². The van der Waals surface area contributed by atoms with Crippen LogP contribution in [0.3, 0.4) is 0 Å². The molecule has 0 radical (unpaired) electrons. The zero-order chi connectivity index (χ0) is 13.8. The number of hydrogen-bond acceptors (Lipinski definition) is 4. The van der Waals surface area contributed by atoms with Crippen LogP contribution in [0.4, 0.5) is 0 Å². The van der Waals surface area contributed by atoms with Gasteiger partial charge < -0.3 is 9.47 Å². The SMILES string of the molecule is COc1ccc(C(=O)O[C@@H](C)C#N)c2ccccc12. The van der Waals surface area contributed by atoms with E-state index in [9.17, 15) is 4.79 Å². The molecule has 0 N–H and O–H groups in total. The molecule has 0 aliphatic heterocycles. The standard InChI is InChI=1S/C15H13NO3/c1-10(9-16)19-15(17)13-7-8-14(18-2)12-6-4-3-5-11(12)13/h3-8,10H,1-2H3/t10-/m0/s1. The molecule has 0 saturated carbocycles. The van der Waals surface area contributed by atoms with E-state index in [2.05, 4.69) is 0 Å². The highest BCUT2D eigenvalue weighted by Gasteiger charge is 2.16. The average molecular weight is 255 g/mol. The van der Waals surface area contributed by atoms with Crippen LogP contribution in [0.25, 0.3) is 10.8 Å². The molecule has 0 aliphatic rings. The number of ether oxygens (including phenoxy) is 2. The van der Waals surface area contributed by atoms with Crippen LogP contribution in [-0.4, -0.2) is 19.2 Å². The smallest absolute Gasteiger partial charge is 0.340 e. The molecule has 4 nitrogen and oxygen atoms in total. The number of rotatable bonds is 3. The van der Waals surface area contributed by atoms with E-state index in [0.717, 1.165) is 10.8 Å². The summed E-state index contributed by atoms with van der Waals surface area (Å²) in [6.07, 6.45) is -0.770. The first-order valence-electron chi connectivity index (χ1n) is 5.83. The van der Waals surface area contributed by atoms with Crippen molar-refractivity contribution in [2.75, 3.05) is 7.11 Å². The summed E-state index contributed by atoms with van der Waals surface area (Å²) in [6.45, 7) is 1.53. The Morgan fingerprint density at radius 3 is 2.53 bits per heavy atom. The van der Waals surface area contributed by atoms with E-state index < -0.39 is 12.1 Å². The number of carbonyl (C=O) groups excluding carboxylic acids is 1. The van der Waals surface area contributed by atoms with Gasteiger partial charge in [0.05, 0.1) is 12.7 Å². The molecule has 0 bridgehead atoms. The summed E-state index contributed by atoms with van der Waals surface area (Å²) in [5.41, 5.74) is 0.429. The van der Waals surface area contributed by atoms with Crippen molar-refractivity contribution in [1.29, 1.82) is 5.26 Å². The van der Waals surface area contributed by atoms with Gasteiger partial charge in [0.25, 0.3) is 0 Å². The fourth-order valence-corrected chi connectivity index (χ4v) is 1.88. The fraction of sp³-hybridized carbons (Fsp3) is 0.200. The molecule has 2 aromatic carbocycles. The third-order valence-corrected chi connectivity index (χ3v) is 2.79. The Bertz CT molecular complexity index is 658. The molecule has 19 heavy (non-hydrogen) atoms. The highest BCUT2D eigenvalue weighted by atomic mass is 16.5. The molecule has 2 aromatic rings. The van der Waals surface area contributed by atoms with Crippen LogP contribution < -0.4 is 4.74 Å². The molecule has 2 rings (SSSR count). The van der Waals surface area contributed by atoms with E-state index in [0.29, 0.717) is 11.3 Å². The summed E-state index contributed by atoms with van der Waals surface area (Å²) in [5.74, 6) is 0.188. The Morgan fingerprint density at radius 1 is 1.21 bits per heavy atom. The normalized spacial score (nSPS) is 11.6. The fourth-order valence-electron chi connectivity index (χ4n) is 1.88. The molecule has 0 aliphatic carbocycles. The van der Waals surface area contributed by atoms with Gasteiger partial charge in [0.2, 0.25) is 0 Å². The van der Waals surface area contributed by atoms with Gasteiger partial charge in [-0.05, 0) is 24.4 Å². The van der Waals surface area contributed by atoms with Crippen LogP contribution in [0, 0.1) is 11.3 Å². The molecule has 0 saturated heterocycles. The minimum absolute atomic E-state index is 0.429. The Kier molecular flexibility index (Phi) is 3.67. The van der Waals surface area contributed by atoms with Crippen LogP contribution in [0.5, 0.6) is 5.75 Å². The van der Waals surface area contributed by atoms with E-state index in [1.165, 1.54) is 6.92 Å². The first-order valence-corrected chi connectivity index (χ1v) is 5.83. The van der Waals surface area contributed by atoms with Crippen LogP contribution in [0.1, 0.15) is 17.3 Å². The minimum Gasteiger partial charge on any atom is -0.496 e. The second-order valence-corrected chi connectivity index (χ2v) is 4.04. The van der Waals surface area contributed by atoms with Crippen molar-refractivity contribution in [2.45, 2.75) is 13.0 Å². The molecule has 0 aromatic heterocycles. The van der Waals surface area contributed by atoms with Gasteiger partial charge in [0.1, 0.15) is 11.8 Å². The number of hydrogen-bond donors (Lipinski definition) is 0. The zero-order valence-corrected chi connectivity index (χ0v) is 10.7. The van der Waals surface area contributed by atoms with E-state index >= 15 is 0 Å². The predicted octanol–water partition coefficient (Wildman–Crippen LogP) is 2.92. The Hall–Kier alpha value is -2.54. The lowest BCUT2D eigenvalue weighted by Crippen LogP contribution is -2.13. The first-order chi connectivity index (χ1) is 9.17. The van der Waals surface area contributed by atoms with Crippen molar-refractivity contribution < 1.29 is 14.3 Å². The number of fused-ring (bicyclic) bond motifs is 1. The van der Waals surface area contributed by atoms with Gasteiger partial charge in [-0.2, -0.15) is 5.26 Å². The van der Waals surface area contributed by atoms with Crippen LogP contribution in [0.15, 0.2) is 36.4 Å². The maximum Gasteiger partial charge on any atom is 0.340 e. The van der Waals surface area contributed by atoms with Gasteiger partial charge >= 0.3 is 5.97 Å². The van der Waals surface area contributed by atoms with Crippen molar-refractivity contribution in [2.24, 2.45) is 0 Å². The molecule has 0 fully saturated rings. The molecule has 1 atom stereocenters. The summed E-state index contributed by atoms with van der Waals surface area (Å²) < 4.78 is 10.3. The molecule has 0 unspecified atom stereocenters. The summed E-state index contributed by atoms with van der Waals surface area (Å²) in [4.78, 5) is 12.0. The van der Waals surface area contributed by atoms with Gasteiger partial charge in [-0.1, -0.05) is 24.3 Å². The lowest BCUT2D eigenvalue weighted by atomic mass is 10.0. The van der Waals surface area contributed by atoms with E-state index in [-0.39, 0.29) is 0 Å². The first kappa shape index (κ1) is 12.9. The highest BCUT2D eigenvalue weighted by molar-refractivity contribution is 6.06. The third kappa shape index (κ3) is 2.50. The minimum atomic E-state index is -0.770. The Morgan fingerprint density at radius 2 is 1.89 bits per heavy atom. The van der Waals surface area contributed by atoms with Crippen LogP contribution >= 0.6 is 0 Å². The monoisotopic (exact) mass is 255 g/mol. The number of carbonyl (C=O) groups is 1. The van der Waals surface area contributed by atoms with Crippen molar-refractivity contribution in [3.63, 3.8) is 0 Å². The van der Waals surface area contributed by atoms with Crippen molar-refractivity contribution in [3.05, 3.63) is 42.0 Å². The number of nitrogens with zero attached hydrogens (tertiary/aromatic N) is 1. The van der Waals surface area contributed by atoms with Gasteiger partial charge in [0, 0.05) is 5.39 Å². The van der Waals surface area contributed by atoms with Gasteiger partial charge in [0.15, 0.2) is 6.10 Å². The molecule has 0 spiro atoms. The predicted molar refractivity (Wildman–Crippen MR) is 71.0 cm³/mol. The Labute approximate surface area is 111 Å². The molecular formula is C15H13NO3. The number of benzene rings is 2. The summed E-state index contributed by atoms with van der Waals surface area (Å²) in [7, 11) is 1.58. The molecular weight excluding hydrogens is 242 g/mol. The second kappa shape index (κ2) is 5.40. The largest absolute Gasteiger partial charge is 0.496 e. The average Bonchev–Trinajstić information content (AvgIpc) is 2.45. The maximum atomic E-state index is 12.0. The van der Waals surface area contributed by atoms with Crippen LogP contribution in [0.2, 0.25) is 0 Å². The van der Waals surface area contributed by atoms with Gasteiger partial charge in [-0.25, -0.2) is 4.79 Å². The summed E-state index contributed by atoms with van der Waals surface area (Å²) in [5, 5.41) is 10.3. The highest BCUT2D eigenvalue weighted by Crippen LogP contribution is 2.28. The Balaban J connectivity index is 2.51. The number of esters is 1. The number of nitriles is 1. The van der Waals surface area contributed by atoms with Crippen LogP contribution in [-0.2, 0) is 4.74 Å². The lowest BCUT2D eigenvalue weighted by molar-refractivity contribution is 0.0438. The molecule has 0 amide bonds. The second-order valence-electron chi connectivity index (χ2n) is 4.04. The third-order valence-electron chi connectivity index (χ3n) is 2.79. The van der Waals surface area contributed by atoms with E-state index in [4.69, 9.17) is 14.7 Å². The quantitative estimate of drug-likeness (QED) is 0.791. The lowest BCUT2D eigenvalue weighted by Gasteiger charge is -2.11. The molecule has 0 heterocycles. The van der Waals surface area contributed by atoms with Crippen molar-refractivity contribution in [3.8, 4) is 11.8 Å². The van der Waals surface area contributed by atoms with E-state index in [1.807, 2.05) is 30.3 Å². The summed E-state index contributed by atoms with van der Waals surface area (Å²) >= 11 is 0. The molecule has 96 valence electrons. The molecule has 4 heteroatoms. The van der Waals surface area contributed by atoms with Gasteiger partial charge in [-0.3, -0.25) is 0 Å². The number of methoxy groups -OCH3 is 1. The zero-order valence-electron chi connectivity index (χ0n) is 10.7.